The summed E-state index contributed by atoms with van der Waals surface area (Å²) in [6, 6.07) is 16.6. The number of H-pyrrole nitrogens is 1. The highest BCUT2D eigenvalue weighted by atomic mass is 32.1. The summed E-state index contributed by atoms with van der Waals surface area (Å²) in [7, 11) is 0. The zero-order chi connectivity index (χ0) is 19.3. The standard InChI is InChI=1S/C22H18FN3OS/c1-12-4-5-14(18-3-2-8-24-18)9-15(12)13-6-7-19-20(10-13)28-22(25-19)26-21(27)16-11-17(16)23/h2-10,16-17,24H,11H2,1H3,(H,25,26,27)/t16-,17+/m1/s1. The maximum absolute atomic E-state index is 13.1. The number of carbonyl (C=O) groups excluding carboxylic acids is 1. The topological polar surface area (TPSA) is 57.8 Å². The summed E-state index contributed by atoms with van der Waals surface area (Å²) in [6.45, 7) is 2.10. The molecule has 1 aliphatic rings. The molecule has 0 unspecified atom stereocenters. The third-order valence-electron chi connectivity index (χ3n) is 5.13. The predicted molar refractivity (Wildman–Crippen MR) is 111 cm³/mol. The Morgan fingerprint density at radius 2 is 2.04 bits per heavy atom. The van der Waals surface area contributed by atoms with Crippen LogP contribution in [0.15, 0.2) is 54.7 Å². The number of rotatable bonds is 4. The largest absolute Gasteiger partial charge is 0.361 e. The van der Waals surface area contributed by atoms with Gasteiger partial charge in [-0.2, -0.15) is 0 Å². The minimum absolute atomic E-state index is 0.277. The predicted octanol–water partition coefficient (Wildman–Crippen LogP) is 5.56. The first-order valence-electron chi connectivity index (χ1n) is 9.19. The highest BCUT2D eigenvalue weighted by Crippen LogP contribution is 2.37. The van der Waals surface area contributed by atoms with Crippen molar-refractivity contribution in [1.29, 1.82) is 0 Å². The van der Waals surface area contributed by atoms with Gasteiger partial charge in [0.25, 0.3) is 0 Å². The molecule has 0 saturated heterocycles. The van der Waals surface area contributed by atoms with Gasteiger partial charge in [-0.1, -0.05) is 29.5 Å². The smallest absolute Gasteiger partial charge is 0.232 e. The first-order valence-corrected chi connectivity index (χ1v) is 10.0. The first kappa shape index (κ1) is 17.1. The molecule has 2 N–H and O–H groups in total. The number of fused-ring (bicyclic) bond motifs is 1. The van der Waals surface area contributed by atoms with E-state index in [2.05, 4.69) is 52.5 Å². The molecule has 0 aliphatic heterocycles. The van der Waals surface area contributed by atoms with E-state index in [-0.39, 0.29) is 5.91 Å². The number of alkyl halides is 1. The summed E-state index contributed by atoms with van der Waals surface area (Å²) in [6.07, 6.45) is 1.23. The number of aromatic nitrogens is 2. The van der Waals surface area contributed by atoms with Gasteiger partial charge < -0.3 is 10.3 Å². The lowest BCUT2D eigenvalue weighted by Gasteiger charge is -2.09. The number of anilines is 1. The SMILES string of the molecule is Cc1ccc(-c2ccc[nH]2)cc1-c1ccc2nc(NC(=O)[C@@H]3C[C@@H]3F)sc2c1. The lowest BCUT2D eigenvalue weighted by Crippen LogP contribution is -2.14. The van der Waals surface area contributed by atoms with Crippen LogP contribution in [0.1, 0.15) is 12.0 Å². The zero-order valence-corrected chi connectivity index (χ0v) is 16.0. The molecule has 28 heavy (non-hydrogen) atoms. The van der Waals surface area contributed by atoms with Gasteiger partial charge in [0.15, 0.2) is 5.13 Å². The van der Waals surface area contributed by atoms with Crippen LogP contribution < -0.4 is 5.32 Å². The average Bonchev–Trinajstić information content (AvgIpc) is 3.09. The van der Waals surface area contributed by atoms with E-state index in [1.165, 1.54) is 16.9 Å². The molecule has 4 aromatic rings. The van der Waals surface area contributed by atoms with Gasteiger partial charge in [-0.25, -0.2) is 9.37 Å². The molecular formula is C22H18FN3OS. The van der Waals surface area contributed by atoms with Crippen molar-refractivity contribution in [2.45, 2.75) is 19.5 Å². The Morgan fingerprint density at radius 3 is 2.79 bits per heavy atom. The summed E-state index contributed by atoms with van der Waals surface area (Å²) in [5.41, 5.74) is 6.49. The summed E-state index contributed by atoms with van der Waals surface area (Å²) >= 11 is 1.42. The van der Waals surface area contributed by atoms with Gasteiger partial charge in [-0.05, 0) is 65.9 Å². The molecule has 5 rings (SSSR count). The lowest BCUT2D eigenvalue weighted by atomic mass is 9.97. The number of hydrogen-bond donors (Lipinski definition) is 2. The first-order chi connectivity index (χ1) is 13.6. The Hall–Kier alpha value is -2.99. The van der Waals surface area contributed by atoms with Crippen molar-refractivity contribution >= 4 is 32.6 Å². The number of thiazole rings is 1. The lowest BCUT2D eigenvalue weighted by molar-refractivity contribution is -0.117. The van der Waals surface area contributed by atoms with E-state index in [1.54, 1.807) is 0 Å². The molecule has 1 saturated carbocycles. The molecule has 0 bridgehead atoms. The molecule has 140 valence electrons. The maximum atomic E-state index is 13.1. The molecule has 1 amide bonds. The summed E-state index contributed by atoms with van der Waals surface area (Å²) in [5.74, 6) is -0.790. The highest BCUT2D eigenvalue weighted by Gasteiger charge is 2.43. The highest BCUT2D eigenvalue weighted by molar-refractivity contribution is 7.22. The molecule has 0 spiro atoms. The van der Waals surface area contributed by atoms with Gasteiger partial charge >= 0.3 is 0 Å². The fraction of sp³-hybridized carbons (Fsp3) is 0.182. The number of hydrogen-bond acceptors (Lipinski definition) is 3. The normalized spacial score (nSPS) is 18.4. The van der Waals surface area contributed by atoms with Crippen LogP contribution in [0.3, 0.4) is 0 Å². The third kappa shape index (κ3) is 3.10. The van der Waals surface area contributed by atoms with Gasteiger partial charge in [-0.3, -0.25) is 4.79 Å². The quantitative estimate of drug-likeness (QED) is 0.478. The number of amides is 1. The van der Waals surface area contributed by atoms with Crippen molar-refractivity contribution in [3.63, 3.8) is 0 Å². The molecule has 2 heterocycles. The number of aryl methyl sites for hydroxylation is 1. The van der Waals surface area contributed by atoms with Crippen LogP contribution in [0, 0.1) is 12.8 Å². The van der Waals surface area contributed by atoms with Crippen LogP contribution in [0.4, 0.5) is 9.52 Å². The van der Waals surface area contributed by atoms with E-state index in [0.29, 0.717) is 11.6 Å². The van der Waals surface area contributed by atoms with Crippen LogP contribution >= 0.6 is 11.3 Å². The Kier molecular flexibility index (Phi) is 4.02. The van der Waals surface area contributed by atoms with Crippen molar-refractivity contribution in [2.75, 3.05) is 5.32 Å². The molecule has 2 atom stereocenters. The molecule has 1 aliphatic carbocycles. The van der Waals surface area contributed by atoms with Gasteiger partial charge in [0.2, 0.25) is 5.91 Å². The summed E-state index contributed by atoms with van der Waals surface area (Å²) in [5, 5.41) is 3.27. The molecule has 2 aromatic heterocycles. The van der Waals surface area contributed by atoms with E-state index in [4.69, 9.17) is 0 Å². The third-order valence-corrected chi connectivity index (χ3v) is 6.06. The minimum Gasteiger partial charge on any atom is -0.361 e. The number of nitrogens with zero attached hydrogens (tertiary/aromatic N) is 1. The number of halogens is 1. The van der Waals surface area contributed by atoms with E-state index >= 15 is 0 Å². The van der Waals surface area contributed by atoms with E-state index in [1.807, 2.05) is 24.4 Å². The monoisotopic (exact) mass is 391 g/mol. The van der Waals surface area contributed by atoms with Gasteiger partial charge in [-0.15, -0.1) is 0 Å². The van der Waals surface area contributed by atoms with Crippen LogP contribution in [0.2, 0.25) is 0 Å². The molecule has 2 aromatic carbocycles. The Morgan fingerprint density at radius 1 is 1.21 bits per heavy atom. The zero-order valence-electron chi connectivity index (χ0n) is 15.2. The van der Waals surface area contributed by atoms with Crippen LogP contribution in [0.5, 0.6) is 0 Å². The molecular weight excluding hydrogens is 373 g/mol. The Bertz CT molecular complexity index is 1180. The fourth-order valence-electron chi connectivity index (χ4n) is 3.39. The van der Waals surface area contributed by atoms with E-state index in [9.17, 15) is 9.18 Å². The second-order valence-corrected chi connectivity index (χ2v) is 8.19. The van der Waals surface area contributed by atoms with Gasteiger partial charge in [0.05, 0.1) is 16.1 Å². The van der Waals surface area contributed by atoms with E-state index in [0.717, 1.165) is 32.6 Å². The minimum atomic E-state index is -1.00. The number of benzene rings is 2. The van der Waals surface area contributed by atoms with Crippen molar-refractivity contribution in [3.8, 4) is 22.4 Å². The summed E-state index contributed by atoms with van der Waals surface area (Å²) < 4.78 is 14.1. The van der Waals surface area contributed by atoms with Crippen molar-refractivity contribution in [3.05, 3.63) is 60.3 Å². The average molecular weight is 391 g/mol. The van der Waals surface area contributed by atoms with Crippen LogP contribution in [-0.4, -0.2) is 22.0 Å². The molecule has 0 radical (unpaired) electrons. The number of aromatic amines is 1. The maximum Gasteiger partial charge on any atom is 0.232 e. The fourth-order valence-corrected chi connectivity index (χ4v) is 4.30. The second-order valence-electron chi connectivity index (χ2n) is 7.16. The van der Waals surface area contributed by atoms with Crippen molar-refractivity contribution in [2.24, 2.45) is 5.92 Å². The Balaban J connectivity index is 1.48. The number of carbonyl (C=O) groups is 1. The molecule has 4 nitrogen and oxygen atoms in total. The van der Waals surface area contributed by atoms with E-state index < -0.39 is 12.1 Å². The second kappa shape index (κ2) is 6.56. The molecule has 6 heteroatoms. The van der Waals surface area contributed by atoms with Crippen LogP contribution in [-0.2, 0) is 4.79 Å². The van der Waals surface area contributed by atoms with Crippen molar-refractivity contribution < 1.29 is 9.18 Å². The van der Waals surface area contributed by atoms with Crippen LogP contribution in [0.25, 0.3) is 32.6 Å². The molecule has 1 fully saturated rings. The van der Waals surface area contributed by atoms with Gasteiger partial charge in [0, 0.05) is 11.9 Å². The number of nitrogens with one attached hydrogen (secondary N) is 2. The Labute approximate surface area is 165 Å². The summed E-state index contributed by atoms with van der Waals surface area (Å²) in [4.78, 5) is 19.7. The van der Waals surface area contributed by atoms with Gasteiger partial charge in [0.1, 0.15) is 6.17 Å². The van der Waals surface area contributed by atoms with Crippen molar-refractivity contribution in [1.82, 2.24) is 9.97 Å².